The summed E-state index contributed by atoms with van der Waals surface area (Å²) in [6.07, 6.45) is 0.828. The van der Waals surface area contributed by atoms with Crippen molar-refractivity contribution in [1.82, 2.24) is 25.9 Å². The number of aromatic amines is 1. The van der Waals surface area contributed by atoms with E-state index in [1.165, 1.54) is 12.1 Å². The number of halogens is 1. The average molecular weight is 292 g/mol. The average Bonchev–Trinajstić information content (AvgIpc) is 3.00. The maximum Gasteiger partial charge on any atom is 0.254 e. The number of tetrazole rings is 1. The van der Waals surface area contributed by atoms with E-state index in [4.69, 9.17) is 0 Å². The Morgan fingerprint density at radius 1 is 1.48 bits per heavy atom. The minimum atomic E-state index is -0.455. The van der Waals surface area contributed by atoms with E-state index in [2.05, 4.69) is 31.3 Å². The third-order valence-corrected chi connectivity index (χ3v) is 2.91. The number of hydrogen-bond donors (Lipinski definition) is 3. The van der Waals surface area contributed by atoms with Gasteiger partial charge >= 0.3 is 0 Å². The van der Waals surface area contributed by atoms with Crippen molar-refractivity contribution >= 4 is 11.6 Å². The highest BCUT2D eigenvalue weighted by Gasteiger charge is 2.19. The SMILES string of the molecule is CCCNc1c(F)cccc1C(=O)NC(C)c1nn[nH]n1. The lowest BCUT2D eigenvalue weighted by Gasteiger charge is -2.14. The Morgan fingerprint density at radius 2 is 2.29 bits per heavy atom. The van der Waals surface area contributed by atoms with Gasteiger partial charge in [0, 0.05) is 6.54 Å². The minimum absolute atomic E-state index is 0.206. The van der Waals surface area contributed by atoms with E-state index < -0.39 is 17.8 Å². The second-order valence-electron chi connectivity index (χ2n) is 4.55. The number of para-hydroxylation sites is 1. The molecule has 1 aromatic carbocycles. The largest absolute Gasteiger partial charge is 0.382 e. The number of nitrogens with one attached hydrogen (secondary N) is 3. The molecule has 1 atom stereocenters. The molecule has 0 saturated carbocycles. The Balaban J connectivity index is 2.17. The Labute approximate surface area is 121 Å². The predicted octanol–water partition coefficient (Wildman–Crippen LogP) is 1.65. The molecule has 0 radical (unpaired) electrons. The number of anilines is 1. The van der Waals surface area contributed by atoms with Crippen LogP contribution >= 0.6 is 0 Å². The van der Waals surface area contributed by atoms with Gasteiger partial charge in [0.1, 0.15) is 5.82 Å². The number of hydrogen-bond acceptors (Lipinski definition) is 5. The van der Waals surface area contributed by atoms with Crippen LogP contribution < -0.4 is 10.6 Å². The van der Waals surface area contributed by atoms with E-state index in [1.54, 1.807) is 13.0 Å². The quantitative estimate of drug-likeness (QED) is 0.752. The molecule has 8 heteroatoms. The van der Waals surface area contributed by atoms with Crippen LogP contribution in [0, 0.1) is 5.82 Å². The highest BCUT2D eigenvalue weighted by Crippen LogP contribution is 2.20. The van der Waals surface area contributed by atoms with Gasteiger partial charge < -0.3 is 10.6 Å². The lowest BCUT2D eigenvalue weighted by atomic mass is 10.1. The Morgan fingerprint density at radius 3 is 2.95 bits per heavy atom. The van der Waals surface area contributed by atoms with Crippen LogP contribution in [-0.4, -0.2) is 33.1 Å². The first-order valence-corrected chi connectivity index (χ1v) is 6.70. The van der Waals surface area contributed by atoms with Gasteiger partial charge in [-0.25, -0.2) is 4.39 Å². The Bertz CT molecular complexity index is 601. The molecule has 0 aliphatic rings. The Kier molecular flexibility index (Phi) is 4.81. The molecule has 1 unspecified atom stereocenters. The van der Waals surface area contributed by atoms with Gasteiger partial charge in [-0.1, -0.05) is 18.2 Å². The molecule has 112 valence electrons. The monoisotopic (exact) mass is 292 g/mol. The summed E-state index contributed by atoms with van der Waals surface area (Å²) in [5, 5.41) is 19.0. The predicted molar refractivity (Wildman–Crippen MR) is 75.2 cm³/mol. The van der Waals surface area contributed by atoms with Gasteiger partial charge in [0.15, 0.2) is 5.82 Å². The number of H-pyrrole nitrogens is 1. The first-order valence-electron chi connectivity index (χ1n) is 6.70. The van der Waals surface area contributed by atoms with Crippen LogP contribution in [0.15, 0.2) is 18.2 Å². The second kappa shape index (κ2) is 6.78. The lowest BCUT2D eigenvalue weighted by molar-refractivity contribution is 0.0938. The van der Waals surface area contributed by atoms with Crippen molar-refractivity contribution in [3.05, 3.63) is 35.4 Å². The number of nitrogens with zero attached hydrogens (tertiary/aromatic N) is 3. The minimum Gasteiger partial charge on any atom is -0.382 e. The van der Waals surface area contributed by atoms with Gasteiger partial charge in [-0.3, -0.25) is 4.79 Å². The van der Waals surface area contributed by atoms with E-state index >= 15 is 0 Å². The molecule has 21 heavy (non-hydrogen) atoms. The lowest BCUT2D eigenvalue weighted by Crippen LogP contribution is -2.28. The highest BCUT2D eigenvalue weighted by molar-refractivity contribution is 5.99. The fourth-order valence-corrected chi connectivity index (χ4v) is 1.83. The summed E-state index contributed by atoms with van der Waals surface area (Å²) in [6.45, 7) is 4.27. The van der Waals surface area contributed by atoms with Crippen molar-refractivity contribution in [2.24, 2.45) is 0 Å². The summed E-state index contributed by atoms with van der Waals surface area (Å²) in [4.78, 5) is 12.3. The van der Waals surface area contributed by atoms with Gasteiger partial charge in [0.2, 0.25) is 0 Å². The van der Waals surface area contributed by atoms with Crippen LogP contribution in [-0.2, 0) is 0 Å². The van der Waals surface area contributed by atoms with Gasteiger partial charge in [-0.05, 0) is 25.5 Å². The summed E-state index contributed by atoms with van der Waals surface area (Å²) in [7, 11) is 0. The number of carbonyl (C=O) groups is 1. The standard InChI is InChI=1S/C13H17FN6O/c1-3-7-15-11-9(5-4-6-10(11)14)13(21)16-8(2)12-17-19-20-18-12/h4-6,8,15H,3,7H2,1-2H3,(H,16,21)(H,17,18,19,20). The third kappa shape index (κ3) is 3.53. The van der Waals surface area contributed by atoms with Crippen LogP contribution in [0.3, 0.4) is 0 Å². The molecule has 0 aliphatic heterocycles. The van der Waals surface area contributed by atoms with Crippen LogP contribution in [0.5, 0.6) is 0 Å². The van der Waals surface area contributed by atoms with Crippen molar-refractivity contribution < 1.29 is 9.18 Å². The molecular weight excluding hydrogens is 275 g/mol. The molecule has 1 heterocycles. The highest BCUT2D eigenvalue weighted by atomic mass is 19.1. The number of benzene rings is 1. The maximum atomic E-state index is 13.9. The molecule has 7 nitrogen and oxygen atoms in total. The third-order valence-electron chi connectivity index (χ3n) is 2.91. The molecule has 3 N–H and O–H groups in total. The molecule has 0 spiro atoms. The molecule has 1 aromatic heterocycles. The van der Waals surface area contributed by atoms with Gasteiger partial charge in [0.05, 0.1) is 17.3 Å². The normalized spacial score (nSPS) is 12.0. The maximum absolute atomic E-state index is 13.9. The van der Waals surface area contributed by atoms with Crippen molar-refractivity contribution in [3.63, 3.8) is 0 Å². The van der Waals surface area contributed by atoms with Gasteiger partial charge in [-0.15, -0.1) is 10.2 Å². The molecule has 2 aromatic rings. The molecule has 0 fully saturated rings. The van der Waals surface area contributed by atoms with Crippen LogP contribution in [0.2, 0.25) is 0 Å². The van der Waals surface area contributed by atoms with Crippen molar-refractivity contribution in [2.45, 2.75) is 26.3 Å². The first-order chi connectivity index (χ1) is 10.1. The summed E-state index contributed by atoms with van der Waals surface area (Å²) in [6, 6.07) is 3.95. The van der Waals surface area contributed by atoms with E-state index in [9.17, 15) is 9.18 Å². The van der Waals surface area contributed by atoms with Crippen molar-refractivity contribution in [2.75, 3.05) is 11.9 Å². The van der Waals surface area contributed by atoms with Crippen LogP contribution in [0.1, 0.15) is 42.5 Å². The Hall–Kier alpha value is -2.51. The van der Waals surface area contributed by atoms with E-state index in [-0.39, 0.29) is 11.3 Å². The molecule has 1 amide bonds. The van der Waals surface area contributed by atoms with Gasteiger partial charge in [0.25, 0.3) is 5.91 Å². The second-order valence-corrected chi connectivity index (χ2v) is 4.55. The summed E-state index contributed by atoms with van der Waals surface area (Å²) >= 11 is 0. The first kappa shape index (κ1) is 14.9. The fourth-order valence-electron chi connectivity index (χ4n) is 1.83. The molecule has 0 aliphatic carbocycles. The van der Waals surface area contributed by atoms with Crippen molar-refractivity contribution in [1.29, 1.82) is 0 Å². The number of carbonyl (C=O) groups excluding carboxylic acids is 1. The summed E-state index contributed by atoms with van der Waals surface area (Å²) in [5.41, 5.74) is 0.455. The molecule has 2 rings (SSSR count). The smallest absolute Gasteiger partial charge is 0.254 e. The number of amides is 1. The number of aromatic nitrogens is 4. The molecule has 0 saturated heterocycles. The summed E-state index contributed by atoms with van der Waals surface area (Å²) < 4.78 is 13.9. The van der Waals surface area contributed by atoms with Crippen molar-refractivity contribution in [3.8, 4) is 0 Å². The summed E-state index contributed by atoms with van der Waals surface area (Å²) in [5.74, 6) is -0.489. The van der Waals surface area contributed by atoms with E-state index in [0.717, 1.165) is 6.42 Å². The van der Waals surface area contributed by atoms with E-state index in [1.807, 2.05) is 6.92 Å². The zero-order valence-corrected chi connectivity index (χ0v) is 11.9. The molecular formula is C13H17FN6O. The molecule has 0 bridgehead atoms. The zero-order chi connectivity index (χ0) is 15.2. The van der Waals surface area contributed by atoms with Crippen LogP contribution in [0.4, 0.5) is 10.1 Å². The van der Waals surface area contributed by atoms with Gasteiger partial charge in [-0.2, -0.15) is 5.21 Å². The zero-order valence-electron chi connectivity index (χ0n) is 11.9. The van der Waals surface area contributed by atoms with E-state index in [0.29, 0.717) is 12.4 Å². The number of rotatable bonds is 6. The fraction of sp³-hybridized carbons (Fsp3) is 0.385. The van der Waals surface area contributed by atoms with Crippen LogP contribution in [0.25, 0.3) is 0 Å². The topological polar surface area (TPSA) is 95.6 Å².